The van der Waals surface area contributed by atoms with Crippen LogP contribution in [0.4, 0.5) is 0 Å². The summed E-state index contributed by atoms with van der Waals surface area (Å²) in [5.41, 5.74) is 5.27. The molecule has 0 saturated carbocycles. The number of ether oxygens (including phenoxy) is 2. The molecule has 5 atom stereocenters. The van der Waals surface area contributed by atoms with Gasteiger partial charge >= 0.3 is 0 Å². The number of carbonyl (C=O) groups is 1. The maximum atomic E-state index is 11.8. The van der Waals surface area contributed by atoms with E-state index in [4.69, 9.17) is 20.3 Å². The van der Waals surface area contributed by atoms with Gasteiger partial charge in [-0.3, -0.25) is 4.79 Å². The molecule has 1 aliphatic heterocycles. The third kappa shape index (κ3) is 5.76. The van der Waals surface area contributed by atoms with Crippen molar-refractivity contribution in [3.8, 4) is 0 Å². The van der Waals surface area contributed by atoms with E-state index in [1.807, 2.05) is 0 Å². The molecule has 0 aromatic carbocycles. The number of hydrogen-bond acceptors (Lipinski definition) is 8. The topological polar surface area (TPSA) is 154 Å². The Morgan fingerprint density at radius 1 is 1.18 bits per heavy atom. The van der Waals surface area contributed by atoms with E-state index < -0.39 is 37.3 Å². The monoisotopic (exact) mass is 322 g/mol. The first-order valence-electron chi connectivity index (χ1n) is 7.39. The van der Waals surface area contributed by atoms with Crippen LogP contribution in [0.5, 0.6) is 0 Å². The van der Waals surface area contributed by atoms with Crippen LogP contribution in [-0.2, 0) is 14.3 Å². The molecule has 1 fully saturated rings. The Balaban J connectivity index is 2.31. The molecule has 0 aromatic heterocycles. The maximum absolute atomic E-state index is 11.8. The summed E-state index contributed by atoms with van der Waals surface area (Å²) in [5.74, 6) is -0.375. The van der Waals surface area contributed by atoms with Crippen LogP contribution in [0.2, 0.25) is 0 Å². The van der Waals surface area contributed by atoms with Gasteiger partial charge < -0.3 is 41.0 Å². The van der Waals surface area contributed by atoms with E-state index in [0.717, 1.165) is 0 Å². The van der Waals surface area contributed by atoms with Gasteiger partial charge in [0, 0.05) is 19.6 Å². The van der Waals surface area contributed by atoms with Gasteiger partial charge in [0.05, 0.1) is 13.2 Å². The van der Waals surface area contributed by atoms with Crippen molar-refractivity contribution >= 4 is 5.91 Å². The van der Waals surface area contributed by atoms with Crippen LogP contribution >= 0.6 is 0 Å². The van der Waals surface area contributed by atoms with Crippen molar-refractivity contribution in [2.24, 2.45) is 5.73 Å². The average molecular weight is 322 g/mol. The zero-order chi connectivity index (χ0) is 16.5. The lowest BCUT2D eigenvalue weighted by Crippen LogP contribution is -2.64. The number of nitrogens with two attached hydrogens (primary N) is 1. The zero-order valence-electron chi connectivity index (χ0n) is 12.4. The van der Waals surface area contributed by atoms with Crippen molar-refractivity contribution in [3.05, 3.63) is 0 Å². The van der Waals surface area contributed by atoms with Crippen LogP contribution in [0.25, 0.3) is 0 Å². The summed E-state index contributed by atoms with van der Waals surface area (Å²) in [6.07, 6.45) is -3.92. The predicted molar refractivity (Wildman–Crippen MR) is 75.6 cm³/mol. The minimum Gasteiger partial charge on any atom is -0.394 e. The predicted octanol–water partition coefficient (Wildman–Crippen LogP) is -2.95. The Labute approximate surface area is 129 Å². The van der Waals surface area contributed by atoms with Crippen molar-refractivity contribution in [1.82, 2.24) is 5.32 Å². The number of hydrogen-bond donors (Lipinski definition) is 6. The first-order valence-corrected chi connectivity index (χ1v) is 7.39. The Bertz CT molecular complexity index is 332. The summed E-state index contributed by atoms with van der Waals surface area (Å²) in [4.78, 5) is 11.8. The largest absolute Gasteiger partial charge is 0.394 e. The molecule has 9 heteroatoms. The highest BCUT2D eigenvalue weighted by atomic mass is 16.6. The molecule has 0 aliphatic carbocycles. The molecule has 0 aromatic rings. The van der Waals surface area contributed by atoms with Crippen molar-refractivity contribution in [2.75, 3.05) is 26.4 Å². The van der Waals surface area contributed by atoms with E-state index >= 15 is 0 Å². The fourth-order valence-electron chi connectivity index (χ4n) is 2.19. The molecular weight excluding hydrogens is 296 g/mol. The number of aliphatic hydroxyl groups excluding tert-OH is 4. The third-order valence-corrected chi connectivity index (χ3v) is 3.43. The fourth-order valence-corrected chi connectivity index (χ4v) is 2.19. The summed E-state index contributed by atoms with van der Waals surface area (Å²) < 4.78 is 10.1. The molecule has 1 rings (SSSR count). The smallest absolute Gasteiger partial charge is 0.220 e. The van der Waals surface area contributed by atoms with E-state index in [-0.39, 0.29) is 12.3 Å². The second-order valence-electron chi connectivity index (χ2n) is 5.18. The molecule has 7 N–H and O–H groups in total. The SMILES string of the molecule is NCCOCCCCC(=O)NC1C(O)OC(CO)[C@@H](O)[C@@H]1O. The average Bonchev–Trinajstić information content (AvgIpc) is 2.50. The first kappa shape index (κ1) is 19.2. The van der Waals surface area contributed by atoms with Crippen molar-refractivity contribution in [1.29, 1.82) is 0 Å². The number of amides is 1. The van der Waals surface area contributed by atoms with Gasteiger partial charge in [-0.05, 0) is 12.8 Å². The number of carbonyl (C=O) groups excluding carboxylic acids is 1. The Morgan fingerprint density at radius 3 is 2.55 bits per heavy atom. The van der Waals surface area contributed by atoms with Crippen LogP contribution < -0.4 is 11.1 Å². The molecular formula is C13H26N2O7. The van der Waals surface area contributed by atoms with Crippen molar-refractivity contribution in [2.45, 2.75) is 49.9 Å². The third-order valence-electron chi connectivity index (χ3n) is 3.43. The van der Waals surface area contributed by atoms with Gasteiger partial charge in [0.1, 0.15) is 24.4 Å². The van der Waals surface area contributed by atoms with Crippen LogP contribution in [0.15, 0.2) is 0 Å². The zero-order valence-corrected chi connectivity index (χ0v) is 12.4. The summed E-state index contributed by atoms with van der Waals surface area (Å²) in [5, 5.41) is 40.7. The highest BCUT2D eigenvalue weighted by Gasteiger charge is 2.44. The van der Waals surface area contributed by atoms with Crippen LogP contribution in [0.1, 0.15) is 19.3 Å². The molecule has 3 unspecified atom stereocenters. The van der Waals surface area contributed by atoms with E-state index in [1.54, 1.807) is 0 Å². The standard InChI is InChI=1S/C13H26N2O7/c14-4-6-21-5-2-1-3-9(17)15-10-12(19)11(18)8(7-16)22-13(10)20/h8,10-13,16,18-20H,1-7,14H2,(H,15,17)/t8?,10?,11-,12-,13?/m1/s1. The van der Waals surface area contributed by atoms with Crippen molar-refractivity contribution in [3.63, 3.8) is 0 Å². The fraction of sp³-hybridized carbons (Fsp3) is 0.923. The molecule has 1 aliphatic rings. The van der Waals surface area contributed by atoms with E-state index in [9.17, 15) is 20.1 Å². The lowest BCUT2D eigenvalue weighted by Gasteiger charge is -2.40. The summed E-state index contributed by atoms with van der Waals surface area (Å²) in [6.45, 7) is 0.904. The van der Waals surface area contributed by atoms with E-state index in [1.165, 1.54) is 0 Å². The van der Waals surface area contributed by atoms with Gasteiger partial charge in [0.25, 0.3) is 0 Å². The van der Waals surface area contributed by atoms with E-state index in [2.05, 4.69) is 5.32 Å². The van der Waals surface area contributed by atoms with Crippen LogP contribution in [0.3, 0.4) is 0 Å². The van der Waals surface area contributed by atoms with Gasteiger partial charge in [-0.1, -0.05) is 0 Å². The highest BCUT2D eigenvalue weighted by molar-refractivity contribution is 5.76. The second-order valence-corrected chi connectivity index (χ2v) is 5.18. The molecule has 22 heavy (non-hydrogen) atoms. The number of unbranched alkanes of at least 4 members (excludes halogenated alkanes) is 1. The molecule has 9 nitrogen and oxygen atoms in total. The van der Waals surface area contributed by atoms with Crippen molar-refractivity contribution < 1.29 is 34.7 Å². The second kappa shape index (κ2) is 10.1. The Kier molecular flexibility index (Phi) is 8.79. The number of nitrogens with one attached hydrogen (secondary N) is 1. The highest BCUT2D eigenvalue weighted by Crippen LogP contribution is 2.19. The summed E-state index contributed by atoms with van der Waals surface area (Å²) >= 11 is 0. The van der Waals surface area contributed by atoms with E-state index in [0.29, 0.717) is 32.6 Å². The first-order chi connectivity index (χ1) is 10.5. The minimum atomic E-state index is -1.49. The Hall–Kier alpha value is -0.810. The molecule has 0 radical (unpaired) electrons. The van der Waals surface area contributed by atoms with Gasteiger partial charge in [-0.15, -0.1) is 0 Å². The van der Waals surface area contributed by atoms with Gasteiger partial charge in [-0.2, -0.15) is 0 Å². The molecule has 1 heterocycles. The summed E-state index contributed by atoms with van der Waals surface area (Å²) in [6, 6.07) is -1.14. The molecule has 1 saturated heterocycles. The molecule has 0 spiro atoms. The van der Waals surface area contributed by atoms with Gasteiger partial charge in [-0.25, -0.2) is 0 Å². The molecule has 130 valence electrons. The maximum Gasteiger partial charge on any atom is 0.220 e. The molecule has 1 amide bonds. The van der Waals surface area contributed by atoms with Crippen LogP contribution in [-0.4, -0.2) is 83.3 Å². The normalized spacial score (nSPS) is 32.0. The molecule has 0 bridgehead atoms. The van der Waals surface area contributed by atoms with Crippen LogP contribution in [0, 0.1) is 0 Å². The lowest BCUT2D eigenvalue weighted by molar-refractivity contribution is -0.253. The lowest BCUT2D eigenvalue weighted by atomic mass is 9.97. The quantitative estimate of drug-likeness (QED) is 0.246. The van der Waals surface area contributed by atoms with Gasteiger partial charge in [0.2, 0.25) is 5.91 Å². The number of rotatable bonds is 9. The minimum absolute atomic E-state index is 0.196. The van der Waals surface area contributed by atoms with Gasteiger partial charge in [0.15, 0.2) is 6.29 Å². The Morgan fingerprint density at radius 2 is 1.91 bits per heavy atom. The summed E-state index contributed by atoms with van der Waals surface area (Å²) in [7, 11) is 0. The number of aliphatic hydroxyl groups is 4.